The van der Waals surface area contributed by atoms with Crippen molar-refractivity contribution in [3.8, 4) is 0 Å². The zero-order chi connectivity index (χ0) is 32.8. The van der Waals surface area contributed by atoms with Crippen molar-refractivity contribution in [1.29, 1.82) is 0 Å². The van der Waals surface area contributed by atoms with Gasteiger partial charge in [0, 0.05) is 12.6 Å². The topological polar surface area (TPSA) is 86.8 Å². The fraction of sp³-hybridized carbons (Fsp3) is 0.333. The molecule has 2 amide bonds. The van der Waals surface area contributed by atoms with Gasteiger partial charge in [-0.15, -0.1) is 0 Å². The molecule has 0 aromatic heterocycles. The van der Waals surface area contributed by atoms with Gasteiger partial charge in [0.15, 0.2) is 0 Å². The summed E-state index contributed by atoms with van der Waals surface area (Å²) < 4.78 is 69.7. The van der Waals surface area contributed by atoms with Crippen LogP contribution in [-0.4, -0.2) is 43.8 Å². The average molecular weight is 693 g/mol. The first kappa shape index (κ1) is 35.5. The average Bonchev–Trinajstić information content (AvgIpc) is 2.97. The Morgan fingerprint density at radius 1 is 0.886 bits per heavy atom. The van der Waals surface area contributed by atoms with Gasteiger partial charge < -0.3 is 10.2 Å². The lowest BCUT2D eigenvalue weighted by Gasteiger charge is -2.34. The van der Waals surface area contributed by atoms with Crippen LogP contribution in [0.2, 0.25) is 15.1 Å². The smallest absolute Gasteiger partial charge is 0.352 e. The Hall–Kier alpha value is -2.99. The van der Waals surface area contributed by atoms with E-state index in [1.54, 1.807) is 26.0 Å². The molecule has 0 saturated carbocycles. The normalized spacial score (nSPS) is 13.2. The summed E-state index contributed by atoms with van der Waals surface area (Å²) in [5.74, 6) is -1.32. The van der Waals surface area contributed by atoms with Gasteiger partial charge in [0.1, 0.15) is 12.6 Å². The van der Waals surface area contributed by atoms with Crippen LogP contribution < -0.4 is 9.62 Å². The molecule has 0 heterocycles. The van der Waals surface area contributed by atoms with E-state index in [0.29, 0.717) is 22.4 Å². The molecule has 3 aromatic carbocycles. The molecule has 0 fully saturated rings. The quantitative estimate of drug-likeness (QED) is 0.212. The molecule has 14 heteroatoms. The van der Waals surface area contributed by atoms with Crippen molar-refractivity contribution in [3.63, 3.8) is 0 Å². The van der Waals surface area contributed by atoms with Crippen molar-refractivity contribution in [2.45, 2.75) is 63.3 Å². The van der Waals surface area contributed by atoms with Gasteiger partial charge in [-0.2, -0.15) is 13.2 Å². The van der Waals surface area contributed by atoms with Gasteiger partial charge in [-0.3, -0.25) is 13.9 Å². The van der Waals surface area contributed by atoms with Gasteiger partial charge in [-0.05, 0) is 67.8 Å². The van der Waals surface area contributed by atoms with E-state index < -0.39 is 56.9 Å². The lowest BCUT2D eigenvalue weighted by Crippen LogP contribution is -2.53. The summed E-state index contributed by atoms with van der Waals surface area (Å²) in [5.41, 5.74) is -1.22. The predicted molar refractivity (Wildman–Crippen MR) is 166 cm³/mol. The number of carbonyl (C=O) groups excluding carboxylic acids is 2. The van der Waals surface area contributed by atoms with Crippen LogP contribution in [0.15, 0.2) is 71.6 Å². The molecule has 44 heavy (non-hydrogen) atoms. The number of amides is 2. The highest BCUT2D eigenvalue weighted by Crippen LogP contribution is 2.38. The van der Waals surface area contributed by atoms with Gasteiger partial charge in [0.25, 0.3) is 10.0 Å². The molecule has 2 unspecified atom stereocenters. The van der Waals surface area contributed by atoms with Crippen molar-refractivity contribution in [1.82, 2.24) is 10.2 Å². The molecule has 3 rings (SSSR count). The van der Waals surface area contributed by atoms with Gasteiger partial charge in [-0.1, -0.05) is 72.9 Å². The molecule has 1 N–H and O–H groups in total. The number of alkyl halides is 3. The third-order valence-corrected chi connectivity index (χ3v) is 9.73. The van der Waals surface area contributed by atoms with Gasteiger partial charge in [0.2, 0.25) is 11.8 Å². The number of halogens is 6. The van der Waals surface area contributed by atoms with Gasteiger partial charge in [-0.25, -0.2) is 8.42 Å². The standard InChI is InChI=1S/C30H31Cl3F3N3O4S/c1-4-19(3)37-29(41)27(5-2)38(17-20-11-13-25(32)26(33)15-20)28(40)18-39(44(42,43)22-9-7-6-8-10-22)21-12-14-24(31)23(16-21)30(34,35)36/h6-16,19,27H,4-5,17-18H2,1-3H3,(H,37,41). The van der Waals surface area contributed by atoms with Crippen molar-refractivity contribution in [2.24, 2.45) is 0 Å². The summed E-state index contributed by atoms with van der Waals surface area (Å²) in [6, 6.07) is 12.9. The molecular weight excluding hydrogens is 662 g/mol. The lowest BCUT2D eigenvalue weighted by molar-refractivity contribution is -0.140. The number of anilines is 1. The molecule has 0 aliphatic heterocycles. The minimum Gasteiger partial charge on any atom is -0.352 e. The fourth-order valence-electron chi connectivity index (χ4n) is 4.33. The van der Waals surface area contributed by atoms with E-state index in [-0.39, 0.29) is 33.9 Å². The van der Waals surface area contributed by atoms with E-state index in [0.717, 1.165) is 12.1 Å². The summed E-state index contributed by atoms with van der Waals surface area (Å²) in [5, 5.41) is 2.66. The van der Waals surface area contributed by atoms with Gasteiger partial charge in [0.05, 0.1) is 31.2 Å². The highest BCUT2D eigenvalue weighted by atomic mass is 35.5. The SMILES string of the molecule is CCC(C)NC(=O)C(CC)N(Cc1ccc(Cl)c(Cl)c1)C(=O)CN(c1ccc(Cl)c(C(F)(F)F)c1)S(=O)(=O)c1ccccc1. The molecule has 3 aromatic rings. The van der Waals surface area contributed by atoms with E-state index in [4.69, 9.17) is 34.8 Å². The zero-order valence-corrected chi connectivity index (χ0v) is 27.1. The summed E-state index contributed by atoms with van der Waals surface area (Å²) in [7, 11) is -4.58. The fourth-order valence-corrected chi connectivity index (χ4v) is 6.30. The van der Waals surface area contributed by atoms with E-state index in [2.05, 4.69) is 5.32 Å². The first-order valence-electron chi connectivity index (χ1n) is 13.6. The largest absolute Gasteiger partial charge is 0.417 e. The molecule has 0 aliphatic carbocycles. The second kappa shape index (κ2) is 14.9. The van der Waals surface area contributed by atoms with E-state index in [1.807, 2.05) is 6.92 Å². The molecule has 2 atom stereocenters. The maximum absolute atomic E-state index is 14.1. The number of nitrogens with zero attached hydrogens (tertiary/aromatic N) is 2. The lowest BCUT2D eigenvalue weighted by atomic mass is 10.1. The third kappa shape index (κ3) is 8.59. The molecule has 238 valence electrons. The molecule has 0 bridgehead atoms. The molecule has 7 nitrogen and oxygen atoms in total. The third-order valence-electron chi connectivity index (χ3n) is 6.88. The van der Waals surface area contributed by atoms with Crippen molar-refractivity contribution in [3.05, 3.63) is 92.9 Å². The minimum atomic E-state index is -4.90. The van der Waals surface area contributed by atoms with Crippen LogP contribution in [0, 0.1) is 0 Å². The minimum absolute atomic E-state index is 0.153. The number of benzene rings is 3. The molecular formula is C30H31Cl3F3N3O4S. The van der Waals surface area contributed by atoms with Crippen LogP contribution in [0.25, 0.3) is 0 Å². The maximum Gasteiger partial charge on any atom is 0.417 e. The number of hydrogen-bond acceptors (Lipinski definition) is 4. The van der Waals surface area contributed by atoms with Crippen LogP contribution in [0.1, 0.15) is 44.7 Å². The predicted octanol–water partition coefficient (Wildman–Crippen LogP) is 7.58. The maximum atomic E-state index is 14.1. The zero-order valence-electron chi connectivity index (χ0n) is 24.0. The van der Waals surface area contributed by atoms with Crippen LogP contribution in [0.3, 0.4) is 0 Å². The van der Waals surface area contributed by atoms with Gasteiger partial charge >= 0.3 is 6.18 Å². The Labute approximate surface area is 269 Å². The van der Waals surface area contributed by atoms with E-state index >= 15 is 0 Å². The highest BCUT2D eigenvalue weighted by Gasteiger charge is 2.37. The second-order valence-corrected chi connectivity index (χ2v) is 13.1. The monoisotopic (exact) mass is 691 g/mol. The Morgan fingerprint density at radius 2 is 1.52 bits per heavy atom. The Morgan fingerprint density at radius 3 is 2.09 bits per heavy atom. The Balaban J connectivity index is 2.15. The first-order chi connectivity index (χ1) is 20.6. The molecule has 0 saturated heterocycles. The second-order valence-electron chi connectivity index (χ2n) is 10.00. The number of hydrogen-bond donors (Lipinski definition) is 1. The molecule has 0 radical (unpaired) electrons. The summed E-state index contributed by atoms with van der Waals surface area (Å²) >= 11 is 18.1. The van der Waals surface area contributed by atoms with Crippen molar-refractivity contribution < 1.29 is 31.2 Å². The highest BCUT2D eigenvalue weighted by molar-refractivity contribution is 7.92. The Kier molecular flexibility index (Phi) is 12.0. The van der Waals surface area contributed by atoms with Crippen molar-refractivity contribution >= 4 is 62.3 Å². The van der Waals surface area contributed by atoms with E-state index in [1.165, 1.54) is 41.3 Å². The van der Waals surface area contributed by atoms with Crippen LogP contribution in [0.4, 0.5) is 18.9 Å². The van der Waals surface area contributed by atoms with Crippen LogP contribution in [0.5, 0.6) is 0 Å². The summed E-state index contributed by atoms with van der Waals surface area (Å²) in [4.78, 5) is 28.4. The number of carbonyl (C=O) groups is 2. The first-order valence-corrected chi connectivity index (χ1v) is 16.2. The number of rotatable bonds is 12. The number of nitrogens with one attached hydrogen (secondary N) is 1. The summed E-state index contributed by atoms with van der Waals surface area (Å²) in [6.07, 6.45) is -4.13. The van der Waals surface area contributed by atoms with Crippen LogP contribution in [-0.2, 0) is 32.3 Å². The van der Waals surface area contributed by atoms with E-state index in [9.17, 15) is 31.2 Å². The number of sulfonamides is 1. The van der Waals surface area contributed by atoms with Crippen molar-refractivity contribution in [2.75, 3.05) is 10.8 Å². The Bertz CT molecular complexity index is 1590. The van der Waals surface area contributed by atoms with Crippen LogP contribution >= 0.6 is 34.8 Å². The summed E-state index contributed by atoms with van der Waals surface area (Å²) in [6.45, 7) is 4.25. The molecule has 0 spiro atoms. The molecule has 0 aliphatic rings.